The van der Waals surface area contributed by atoms with E-state index in [0.717, 1.165) is 64.7 Å². The largest absolute Gasteiger partial charge is 0.497 e. The molecule has 190 valence electrons. The van der Waals surface area contributed by atoms with Crippen LogP contribution in [-0.2, 0) is 4.79 Å². The average molecular weight is 498 g/mol. The molecule has 6 rings (SSSR count). The molecule has 0 spiro atoms. The lowest BCUT2D eigenvalue weighted by Gasteiger charge is -2.24. The van der Waals surface area contributed by atoms with E-state index in [0.29, 0.717) is 5.92 Å². The van der Waals surface area contributed by atoms with Crippen molar-refractivity contribution in [2.75, 3.05) is 7.11 Å². The summed E-state index contributed by atoms with van der Waals surface area (Å²) < 4.78 is 5.21. The molecular formula is C29H31N5O3. The van der Waals surface area contributed by atoms with Gasteiger partial charge in [0.05, 0.1) is 42.0 Å². The molecule has 0 amide bonds. The highest BCUT2D eigenvalue weighted by Gasteiger charge is 2.48. The van der Waals surface area contributed by atoms with E-state index >= 15 is 0 Å². The molecule has 1 aromatic carbocycles. The van der Waals surface area contributed by atoms with Gasteiger partial charge in [-0.3, -0.25) is 19.7 Å². The van der Waals surface area contributed by atoms with Gasteiger partial charge in [0, 0.05) is 23.9 Å². The van der Waals surface area contributed by atoms with Crippen LogP contribution in [0.25, 0.3) is 34.0 Å². The van der Waals surface area contributed by atoms with Crippen LogP contribution in [0.1, 0.15) is 57.1 Å². The van der Waals surface area contributed by atoms with Crippen molar-refractivity contribution in [3.63, 3.8) is 0 Å². The zero-order valence-corrected chi connectivity index (χ0v) is 21.1. The Morgan fingerprint density at radius 2 is 1.68 bits per heavy atom. The third-order valence-electron chi connectivity index (χ3n) is 7.46. The number of aromatic amines is 1. The van der Waals surface area contributed by atoms with Crippen molar-refractivity contribution in [2.24, 2.45) is 5.41 Å². The molecule has 2 aliphatic carbocycles. The second-order valence-electron chi connectivity index (χ2n) is 9.70. The van der Waals surface area contributed by atoms with Crippen molar-refractivity contribution >= 4 is 5.97 Å². The molecule has 2 N–H and O–H groups in total. The number of carboxylic acids is 1. The summed E-state index contributed by atoms with van der Waals surface area (Å²) in [6, 6.07) is 11.8. The fraction of sp³-hybridized carbons (Fsp3) is 0.345. The van der Waals surface area contributed by atoms with E-state index in [1.54, 1.807) is 7.11 Å². The first-order valence-electron chi connectivity index (χ1n) is 12.7. The molecule has 0 saturated heterocycles. The number of benzene rings is 1. The van der Waals surface area contributed by atoms with Gasteiger partial charge < -0.3 is 14.8 Å². The van der Waals surface area contributed by atoms with Crippen molar-refractivity contribution in [1.82, 2.24) is 24.9 Å². The van der Waals surface area contributed by atoms with Crippen molar-refractivity contribution in [3.8, 4) is 39.8 Å². The molecule has 4 aromatic rings. The third-order valence-corrected chi connectivity index (χ3v) is 7.46. The van der Waals surface area contributed by atoms with Gasteiger partial charge in [-0.05, 0) is 74.1 Å². The summed E-state index contributed by atoms with van der Waals surface area (Å²) in [5.74, 6) is 1.54. The fourth-order valence-corrected chi connectivity index (χ4v) is 4.33. The lowest BCUT2D eigenvalue weighted by Crippen LogP contribution is -2.12. The number of carboxylic acid groups (broad SMARTS) is 1. The van der Waals surface area contributed by atoms with Gasteiger partial charge in [-0.1, -0.05) is 13.3 Å². The first-order chi connectivity index (χ1) is 18.0. The molecule has 8 nitrogen and oxygen atoms in total. The average Bonchev–Trinajstić information content (AvgIpc) is 3.58. The number of methoxy groups -OCH3 is 1. The van der Waals surface area contributed by atoms with E-state index in [4.69, 9.17) is 9.84 Å². The number of rotatable bonds is 7. The number of carbonyl (C=O) groups is 1. The molecule has 3 aromatic heterocycles. The maximum Gasteiger partial charge on any atom is 0.309 e. The molecule has 37 heavy (non-hydrogen) atoms. The van der Waals surface area contributed by atoms with Gasteiger partial charge in [-0.2, -0.15) is 0 Å². The van der Waals surface area contributed by atoms with Gasteiger partial charge in [-0.15, -0.1) is 0 Å². The number of hydrogen-bond acceptors (Lipinski definition) is 6. The molecule has 0 atom stereocenters. The minimum Gasteiger partial charge on any atom is -0.497 e. The second kappa shape index (κ2) is 10.5. The minimum atomic E-state index is -0.611. The van der Waals surface area contributed by atoms with Crippen LogP contribution in [0.4, 0.5) is 0 Å². The summed E-state index contributed by atoms with van der Waals surface area (Å²) in [6.07, 6.45) is 13.7. The summed E-state index contributed by atoms with van der Waals surface area (Å²) in [7, 11) is 1.66. The van der Waals surface area contributed by atoms with Gasteiger partial charge in [-0.25, -0.2) is 4.98 Å². The van der Waals surface area contributed by atoms with Crippen molar-refractivity contribution in [2.45, 2.75) is 51.4 Å². The third kappa shape index (κ3) is 5.38. The van der Waals surface area contributed by atoms with Gasteiger partial charge in [0.1, 0.15) is 11.4 Å². The van der Waals surface area contributed by atoms with E-state index in [1.807, 2.05) is 68.1 Å². The highest BCUT2D eigenvalue weighted by molar-refractivity contribution is 5.77. The molecule has 8 heteroatoms. The van der Waals surface area contributed by atoms with Crippen LogP contribution < -0.4 is 4.74 Å². The topological polar surface area (TPSA) is 114 Å². The number of nitrogens with zero attached hydrogens (tertiary/aromatic N) is 4. The Labute approximate surface area is 216 Å². The number of imidazole rings is 1. The Kier molecular flexibility index (Phi) is 6.99. The van der Waals surface area contributed by atoms with Gasteiger partial charge >= 0.3 is 5.97 Å². The SMILES string of the molecule is CCC1(C(=O)O)CC1.COc1ccc(-c2cnc(-c3ccc(-c4cnc(C5CCC5)cn4)cn3)[nH]2)cc1. The molecular weight excluding hydrogens is 466 g/mol. The van der Waals surface area contributed by atoms with Crippen LogP contribution in [0.5, 0.6) is 5.75 Å². The van der Waals surface area contributed by atoms with Crippen molar-refractivity contribution in [1.29, 1.82) is 0 Å². The van der Waals surface area contributed by atoms with Crippen molar-refractivity contribution < 1.29 is 14.6 Å². The number of aliphatic carboxylic acids is 1. The summed E-state index contributed by atoms with van der Waals surface area (Å²) in [5.41, 5.74) is 5.36. The van der Waals surface area contributed by atoms with Gasteiger partial charge in [0.2, 0.25) is 0 Å². The van der Waals surface area contributed by atoms with Crippen molar-refractivity contribution in [3.05, 3.63) is 66.9 Å². The second-order valence-corrected chi connectivity index (χ2v) is 9.70. The van der Waals surface area contributed by atoms with Crippen LogP contribution in [0, 0.1) is 5.41 Å². The van der Waals surface area contributed by atoms with Crippen LogP contribution in [0.3, 0.4) is 0 Å². The summed E-state index contributed by atoms with van der Waals surface area (Å²) in [6.45, 7) is 1.93. The Hall–Kier alpha value is -4.07. The Bertz CT molecular complexity index is 1340. The molecule has 2 saturated carbocycles. The number of nitrogens with one attached hydrogen (secondary N) is 1. The van der Waals surface area contributed by atoms with Crippen LogP contribution in [0.15, 0.2) is 61.2 Å². The zero-order chi connectivity index (χ0) is 25.8. The molecule has 0 radical (unpaired) electrons. The monoisotopic (exact) mass is 497 g/mol. The number of ether oxygens (including phenoxy) is 1. The van der Waals surface area contributed by atoms with E-state index in [-0.39, 0.29) is 5.41 Å². The predicted octanol–water partition coefficient (Wildman–Crippen LogP) is 6.13. The molecule has 0 unspecified atom stereocenters. The standard InChI is InChI=1S/C23H21N5O.C6H10O2/c1-29-18-8-5-16(6-9-18)22-14-27-23(28-22)19-10-7-17(11-24-19)21-13-25-20(12-26-21)15-3-2-4-15;1-2-6(3-4-6)5(7)8/h5-15H,2-4H2,1H3,(H,27,28);2-4H2,1H3,(H,7,8). The summed E-state index contributed by atoms with van der Waals surface area (Å²) >= 11 is 0. The van der Waals surface area contributed by atoms with Gasteiger partial charge in [0.15, 0.2) is 5.82 Å². The fourth-order valence-electron chi connectivity index (χ4n) is 4.33. The van der Waals surface area contributed by atoms with Gasteiger partial charge in [0.25, 0.3) is 0 Å². The normalized spacial score (nSPS) is 15.7. The zero-order valence-electron chi connectivity index (χ0n) is 21.1. The van der Waals surface area contributed by atoms with Crippen LogP contribution in [-0.4, -0.2) is 43.1 Å². The molecule has 0 aliphatic heterocycles. The van der Waals surface area contributed by atoms with Crippen LogP contribution in [0.2, 0.25) is 0 Å². The number of H-pyrrole nitrogens is 1. The van der Waals surface area contributed by atoms with E-state index < -0.39 is 5.97 Å². The lowest BCUT2D eigenvalue weighted by atomic mass is 9.83. The predicted molar refractivity (Wildman–Crippen MR) is 141 cm³/mol. The first kappa shape index (κ1) is 24.6. The summed E-state index contributed by atoms with van der Waals surface area (Å²) in [5, 5.41) is 8.50. The minimum absolute atomic E-state index is 0.292. The van der Waals surface area contributed by atoms with E-state index in [1.165, 1.54) is 19.3 Å². The molecule has 3 heterocycles. The highest BCUT2D eigenvalue weighted by Crippen LogP contribution is 2.48. The number of hydrogen-bond donors (Lipinski definition) is 2. The Morgan fingerprint density at radius 1 is 0.946 bits per heavy atom. The summed E-state index contributed by atoms with van der Waals surface area (Å²) in [4.78, 5) is 31.9. The van der Waals surface area contributed by atoms with E-state index in [2.05, 4.69) is 24.9 Å². The number of aromatic nitrogens is 5. The molecule has 2 fully saturated rings. The highest BCUT2D eigenvalue weighted by atomic mass is 16.5. The quantitative estimate of drug-likeness (QED) is 0.315. The maximum absolute atomic E-state index is 10.3. The smallest absolute Gasteiger partial charge is 0.309 e. The molecule has 0 bridgehead atoms. The van der Waals surface area contributed by atoms with E-state index in [9.17, 15) is 4.79 Å². The van der Waals surface area contributed by atoms with Crippen LogP contribution >= 0.6 is 0 Å². The number of pyridine rings is 1. The Balaban J connectivity index is 0.000000301. The molecule has 2 aliphatic rings. The lowest BCUT2D eigenvalue weighted by molar-refractivity contribution is -0.143. The Morgan fingerprint density at radius 3 is 2.16 bits per heavy atom. The first-order valence-corrected chi connectivity index (χ1v) is 12.7. The maximum atomic E-state index is 10.3.